The molecule has 3 heteroatoms. The van der Waals surface area contributed by atoms with Gasteiger partial charge in [-0.2, -0.15) is 0 Å². The van der Waals surface area contributed by atoms with Crippen LogP contribution in [0.25, 0.3) is 0 Å². The summed E-state index contributed by atoms with van der Waals surface area (Å²) < 4.78 is 0. The van der Waals surface area contributed by atoms with Gasteiger partial charge in [-0.15, -0.1) is 0 Å². The van der Waals surface area contributed by atoms with Gasteiger partial charge in [-0.3, -0.25) is 0 Å². The first-order valence-corrected chi connectivity index (χ1v) is 5.50. The Hall–Kier alpha value is -0.570. The minimum Gasteiger partial charge on any atom is -0.394 e. The predicted octanol–water partition coefficient (Wildman–Crippen LogP) is 2.38. The number of oxime groups is 1. The van der Waals surface area contributed by atoms with Gasteiger partial charge in [0.2, 0.25) is 0 Å². The molecule has 0 aromatic rings. The highest BCUT2D eigenvalue weighted by Crippen LogP contribution is 1.96. The number of hydrogen-bond donors (Lipinski definition) is 0. The maximum atomic E-state index is 5.24. The van der Waals surface area contributed by atoms with E-state index in [2.05, 4.69) is 37.8 Å². The van der Waals surface area contributed by atoms with Crippen LogP contribution in [0.5, 0.6) is 0 Å². The maximum absolute atomic E-state index is 5.24. The van der Waals surface area contributed by atoms with Crippen molar-refractivity contribution in [3.63, 3.8) is 0 Å². The van der Waals surface area contributed by atoms with Gasteiger partial charge in [0.15, 0.2) is 0 Å². The van der Waals surface area contributed by atoms with Gasteiger partial charge < -0.3 is 9.74 Å². The second-order valence-corrected chi connectivity index (χ2v) is 3.75. The van der Waals surface area contributed by atoms with Crippen molar-refractivity contribution in [2.24, 2.45) is 11.1 Å². The van der Waals surface area contributed by atoms with Crippen LogP contribution in [-0.2, 0) is 4.84 Å². The van der Waals surface area contributed by atoms with Crippen molar-refractivity contribution in [2.45, 2.75) is 34.6 Å². The van der Waals surface area contributed by atoms with Gasteiger partial charge in [0.25, 0.3) is 0 Å². The van der Waals surface area contributed by atoms with Crippen molar-refractivity contribution < 1.29 is 4.84 Å². The van der Waals surface area contributed by atoms with E-state index in [0.717, 1.165) is 25.3 Å². The molecule has 0 aromatic heterocycles. The number of likely N-dealkylation sites (N-methyl/N-ethyl adjacent to an activating group) is 1. The van der Waals surface area contributed by atoms with Crippen LogP contribution in [0, 0.1) is 5.92 Å². The van der Waals surface area contributed by atoms with Gasteiger partial charge in [0.1, 0.15) is 6.61 Å². The summed E-state index contributed by atoms with van der Waals surface area (Å²) in [4.78, 5) is 7.56. The molecule has 0 spiro atoms. The zero-order valence-electron chi connectivity index (χ0n) is 10.2. The molecule has 0 saturated carbocycles. The van der Waals surface area contributed by atoms with Crippen LogP contribution in [0.1, 0.15) is 34.6 Å². The van der Waals surface area contributed by atoms with Crippen LogP contribution in [-0.4, -0.2) is 36.9 Å². The molecule has 84 valence electrons. The largest absolute Gasteiger partial charge is 0.394 e. The van der Waals surface area contributed by atoms with E-state index >= 15 is 0 Å². The lowest BCUT2D eigenvalue weighted by atomic mass is 10.1. The van der Waals surface area contributed by atoms with Gasteiger partial charge in [-0.25, -0.2) is 0 Å². The second kappa shape index (κ2) is 7.80. The highest BCUT2D eigenvalue weighted by Gasteiger charge is 2.00. The molecule has 0 heterocycles. The van der Waals surface area contributed by atoms with Crippen molar-refractivity contribution in [3.8, 4) is 0 Å². The molecule has 0 amide bonds. The van der Waals surface area contributed by atoms with E-state index in [0.29, 0.717) is 12.5 Å². The Labute approximate surface area is 88.1 Å². The Morgan fingerprint density at radius 3 is 2.29 bits per heavy atom. The summed E-state index contributed by atoms with van der Waals surface area (Å²) in [5.74, 6) is 0.475. The summed E-state index contributed by atoms with van der Waals surface area (Å²) >= 11 is 0. The van der Waals surface area contributed by atoms with Crippen molar-refractivity contribution in [2.75, 3.05) is 26.2 Å². The van der Waals surface area contributed by atoms with E-state index in [9.17, 15) is 0 Å². The molecule has 14 heavy (non-hydrogen) atoms. The van der Waals surface area contributed by atoms with E-state index in [1.807, 2.05) is 6.92 Å². The maximum Gasteiger partial charge on any atom is 0.129 e. The average molecular weight is 200 g/mol. The molecule has 0 rings (SSSR count). The Balaban J connectivity index is 3.59. The highest BCUT2D eigenvalue weighted by atomic mass is 16.6. The summed E-state index contributed by atoms with van der Waals surface area (Å²) in [6, 6.07) is 0. The van der Waals surface area contributed by atoms with Gasteiger partial charge in [-0.1, -0.05) is 32.9 Å². The predicted molar refractivity (Wildman–Crippen MR) is 61.7 cm³/mol. The first-order chi connectivity index (χ1) is 6.61. The van der Waals surface area contributed by atoms with E-state index in [4.69, 9.17) is 4.84 Å². The Bertz CT molecular complexity index is 163. The molecule has 0 aliphatic rings. The summed E-state index contributed by atoms with van der Waals surface area (Å²) in [6.07, 6.45) is 0. The number of rotatable bonds is 7. The van der Waals surface area contributed by atoms with E-state index in [1.54, 1.807) is 0 Å². The summed E-state index contributed by atoms with van der Waals surface area (Å²) in [6.45, 7) is 14.4. The van der Waals surface area contributed by atoms with Crippen molar-refractivity contribution in [1.29, 1.82) is 0 Å². The highest BCUT2D eigenvalue weighted by molar-refractivity contribution is 5.83. The van der Waals surface area contributed by atoms with Crippen molar-refractivity contribution in [1.82, 2.24) is 4.90 Å². The lowest BCUT2D eigenvalue weighted by molar-refractivity contribution is 0.113. The average Bonchev–Trinajstić information content (AvgIpc) is 2.17. The van der Waals surface area contributed by atoms with Gasteiger partial charge >= 0.3 is 0 Å². The van der Waals surface area contributed by atoms with Crippen molar-refractivity contribution >= 4 is 5.71 Å². The minimum atomic E-state index is 0.475. The topological polar surface area (TPSA) is 24.8 Å². The van der Waals surface area contributed by atoms with E-state index in [1.165, 1.54) is 0 Å². The Morgan fingerprint density at radius 2 is 1.86 bits per heavy atom. The standard InChI is InChI=1S/C11H24N2O/c1-6-13(7-2)8-9-14-12-11(5)10(3)4/h10H,6-9H2,1-5H3/b12-11+. The zero-order chi connectivity index (χ0) is 11.0. The normalized spacial score (nSPS) is 12.6. The molecule has 0 fully saturated rings. The second-order valence-electron chi connectivity index (χ2n) is 3.75. The summed E-state index contributed by atoms with van der Waals surface area (Å²) in [7, 11) is 0. The Morgan fingerprint density at radius 1 is 1.29 bits per heavy atom. The van der Waals surface area contributed by atoms with Crippen molar-refractivity contribution in [3.05, 3.63) is 0 Å². The SMILES string of the molecule is CCN(CC)CCO/N=C(\C)C(C)C. The van der Waals surface area contributed by atoms with Gasteiger partial charge in [0.05, 0.1) is 5.71 Å². The molecule has 0 unspecified atom stereocenters. The summed E-state index contributed by atoms with van der Waals surface area (Å²) in [5, 5.41) is 4.05. The smallest absolute Gasteiger partial charge is 0.129 e. The zero-order valence-corrected chi connectivity index (χ0v) is 10.2. The fourth-order valence-corrected chi connectivity index (χ4v) is 0.963. The Kier molecular flexibility index (Phi) is 7.48. The third kappa shape index (κ3) is 5.97. The first kappa shape index (κ1) is 13.4. The molecule has 0 aromatic carbocycles. The lowest BCUT2D eigenvalue weighted by Gasteiger charge is -2.16. The van der Waals surface area contributed by atoms with Crippen LogP contribution in [0.3, 0.4) is 0 Å². The van der Waals surface area contributed by atoms with Crippen LogP contribution < -0.4 is 0 Å². The van der Waals surface area contributed by atoms with Gasteiger partial charge in [-0.05, 0) is 25.9 Å². The van der Waals surface area contributed by atoms with E-state index < -0.39 is 0 Å². The summed E-state index contributed by atoms with van der Waals surface area (Å²) in [5.41, 5.74) is 1.06. The third-order valence-electron chi connectivity index (χ3n) is 2.44. The first-order valence-electron chi connectivity index (χ1n) is 5.50. The lowest BCUT2D eigenvalue weighted by Crippen LogP contribution is -2.26. The van der Waals surface area contributed by atoms with Crippen LogP contribution >= 0.6 is 0 Å². The third-order valence-corrected chi connectivity index (χ3v) is 2.44. The van der Waals surface area contributed by atoms with Crippen LogP contribution in [0.15, 0.2) is 5.16 Å². The molecule has 0 saturated heterocycles. The monoisotopic (exact) mass is 200 g/mol. The molecule has 0 radical (unpaired) electrons. The fraction of sp³-hybridized carbons (Fsp3) is 0.909. The molecule has 0 bridgehead atoms. The van der Waals surface area contributed by atoms with Crippen LogP contribution in [0.4, 0.5) is 0 Å². The van der Waals surface area contributed by atoms with Gasteiger partial charge in [0, 0.05) is 6.54 Å². The quantitative estimate of drug-likeness (QED) is 0.358. The number of hydrogen-bond acceptors (Lipinski definition) is 3. The fourth-order valence-electron chi connectivity index (χ4n) is 0.963. The van der Waals surface area contributed by atoms with Crippen LogP contribution in [0.2, 0.25) is 0 Å². The number of nitrogens with zero attached hydrogens (tertiary/aromatic N) is 2. The molecule has 0 N–H and O–H groups in total. The molecule has 3 nitrogen and oxygen atoms in total. The molecule has 0 aliphatic carbocycles. The molecular formula is C11H24N2O. The van der Waals surface area contributed by atoms with E-state index in [-0.39, 0.29) is 0 Å². The molecular weight excluding hydrogens is 176 g/mol. The molecule has 0 aliphatic heterocycles. The minimum absolute atomic E-state index is 0.475. The molecule has 0 atom stereocenters.